The van der Waals surface area contributed by atoms with Crippen LogP contribution in [0.1, 0.15) is 186 Å². The van der Waals surface area contributed by atoms with E-state index in [1.54, 1.807) is 0 Å². The zero-order valence-electron chi connectivity index (χ0n) is 22.2. The van der Waals surface area contributed by atoms with Crippen LogP contribution in [0, 0.1) is 5.92 Å². The quantitative estimate of drug-likeness (QED) is 0.421. The smallest absolute Gasteiger partial charge is 0.0459 e. The van der Waals surface area contributed by atoms with E-state index in [-0.39, 0.29) is 0 Å². The summed E-state index contributed by atoms with van der Waals surface area (Å²) in [6.45, 7) is 0.417. The maximum atomic E-state index is 9.07. The Bertz CT molecular complexity index is 243. The molecule has 0 aliphatic heterocycles. The van der Waals surface area contributed by atoms with Gasteiger partial charge in [0.15, 0.2) is 0 Å². The second-order valence-electron chi connectivity index (χ2n) is 11.2. The van der Waals surface area contributed by atoms with Crippen LogP contribution in [0.4, 0.5) is 0 Å². The van der Waals surface area contributed by atoms with Crippen molar-refractivity contribution in [2.24, 2.45) is 5.92 Å². The zero-order chi connectivity index (χ0) is 22.8. The van der Waals surface area contributed by atoms with Gasteiger partial charge in [0, 0.05) is 6.61 Å². The fourth-order valence-electron chi connectivity index (χ4n) is 5.61. The maximum absolute atomic E-state index is 9.07. The SMILES string of the molecule is C1CCCCCCCCC1.C1CCCCCCCCC1.OCC1CCCCCCCCC1. The lowest BCUT2D eigenvalue weighted by atomic mass is 9.93. The van der Waals surface area contributed by atoms with Gasteiger partial charge < -0.3 is 5.11 Å². The van der Waals surface area contributed by atoms with Crippen molar-refractivity contribution < 1.29 is 5.11 Å². The molecule has 1 nitrogen and oxygen atoms in total. The highest BCUT2D eigenvalue weighted by molar-refractivity contribution is 4.61. The Morgan fingerprint density at radius 2 is 0.438 bits per heavy atom. The fourth-order valence-corrected chi connectivity index (χ4v) is 5.61. The van der Waals surface area contributed by atoms with Gasteiger partial charge in [0.05, 0.1) is 0 Å². The van der Waals surface area contributed by atoms with E-state index >= 15 is 0 Å². The Morgan fingerprint density at radius 3 is 0.594 bits per heavy atom. The van der Waals surface area contributed by atoms with Gasteiger partial charge in [0.1, 0.15) is 0 Å². The first-order chi connectivity index (χ1) is 15.9. The van der Waals surface area contributed by atoms with Crippen LogP contribution in [0.5, 0.6) is 0 Å². The van der Waals surface area contributed by atoms with Crippen molar-refractivity contribution in [1.82, 2.24) is 0 Å². The average molecular weight is 451 g/mol. The molecule has 0 amide bonds. The summed E-state index contributed by atoms with van der Waals surface area (Å²) in [5.74, 6) is 0.614. The molecule has 0 unspecified atom stereocenters. The average Bonchev–Trinajstić information content (AvgIpc) is 2.85. The molecule has 3 aliphatic carbocycles. The van der Waals surface area contributed by atoms with E-state index in [4.69, 9.17) is 5.11 Å². The van der Waals surface area contributed by atoms with Gasteiger partial charge >= 0.3 is 0 Å². The summed E-state index contributed by atoms with van der Waals surface area (Å²) >= 11 is 0. The molecule has 3 rings (SSSR count). The summed E-state index contributed by atoms with van der Waals surface area (Å²) in [6.07, 6.45) is 42.2. The van der Waals surface area contributed by atoms with E-state index in [0.29, 0.717) is 12.5 Å². The molecule has 0 radical (unpaired) electrons. The third-order valence-electron chi connectivity index (χ3n) is 7.98. The molecule has 32 heavy (non-hydrogen) atoms. The van der Waals surface area contributed by atoms with Gasteiger partial charge in [0.2, 0.25) is 0 Å². The molecule has 1 N–H and O–H groups in total. The molecule has 0 saturated heterocycles. The van der Waals surface area contributed by atoms with Crippen LogP contribution in [0.15, 0.2) is 0 Å². The monoisotopic (exact) mass is 450 g/mol. The van der Waals surface area contributed by atoms with Crippen molar-refractivity contribution in [2.75, 3.05) is 6.61 Å². The molecule has 0 aromatic carbocycles. The summed E-state index contributed by atoms with van der Waals surface area (Å²) < 4.78 is 0. The van der Waals surface area contributed by atoms with Crippen molar-refractivity contribution in [1.29, 1.82) is 0 Å². The number of aliphatic hydroxyl groups is 1. The minimum Gasteiger partial charge on any atom is -0.396 e. The minimum absolute atomic E-state index is 0.417. The number of rotatable bonds is 1. The molecular formula is C31H62O. The first kappa shape index (κ1) is 30.0. The second-order valence-corrected chi connectivity index (χ2v) is 11.2. The number of aliphatic hydroxyl groups excluding tert-OH is 1. The summed E-state index contributed by atoms with van der Waals surface area (Å²) in [7, 11) is 0. The van der Waals surface area contributed by atoms with Crippen LogP contribution in [0.25, 0.3) is 0 Å². The third kappa shape index (κ3) is 21.8. The van der Waals surface area contributed by atoms with E-state index in [1.807, 2.05) is 0 Å². The highest BCUT2D eigenvalue weighted by atomic mass is 16.3. The maximum Gasteiger partial charge on any atom is 0.0459 e. The Labute approximate surface area is 203 Å². The van der Waals surface area contributed by atoms with Crippen molar-refractivity contribution in [3.05, 3.63) is 0 Å². The summed E-state index contributed by atoms with van der Waals surface area (Å²) in [6, 6.07) is 0. The Balaban J connectivity index is 0.000000241. The first-order valence-corrected chi connectivity index (χ1v) is 15.5. The Hall–Kier alpha value is -0.0400. The highest BCUT2D eigenvalue weighted by Crippen LogP contribution is 2.21. The molecule has 0 heterocycles. The number of hydrogen-bond donors (Lipinski definition) is 1. The van der Waals surface area contributed by atoms with E-state index in [0.717, 1.165) is 0 Å². The van der Waals surface area contributed by atoms with Crippen molar-refractivity contribution in [3.63, 3.8) is 0 Å². The van der Waals surface area contributed by atoms with Gasteiger partial charge in [-0.15, -0.1) is 0 Å². The van der Waals surface area contributed by atoms with Crippen LogP contribution in [0.3, 0.4) is 0 Å². The minimum atomic E-state index is 0.417. The molecule has 0 atom stereocenters. The van der Waals surface area contributed by atoms with Gasteiger partial charge in [-0.3, -0.25) is 0 Å². The van der Waals surface area contributed by atoms with Gasteiger partial charge in [-0.05, 0) is 18.8 Å². The van der Waals surface area contributed by atoms with E-state index in [1.165, 1.54) is 186 Å². The van der Waals surface area contributed by atoms with Crippen LogP contribution in [-0.2, 0) is 0 Å². The topological polar surface area (TPSA) is 20.2 Å². The van der Waals surface area contributed by atoms with Gasteiger partial charge in [-0.25, -0.2) is 0 Å². The predicted molar refractivity (Wildman–Crippen MR) is 144 cm³/mol. The standard InChI is InChI=1S/C11H22O.2C10H20/c12-10-11-8-6-4-2-1-3-5-7-9-11;2*1-2-4-6-8-10-9-7-5-3-1/h11-12H,1-10H2;2*1-10H2. The summed E-state index contributed by atoms with van der Waals surface area (Å²) in [4.78, 5) is 0. The van der Waals surface area contributed by atoms with E-state index in [9.17, 15) is 0 Å². The normalized spacial score (nSPS) is 23.9. The van der Waals surface area contributed by atoms with Crippen LogP contribution >= 0.6 is 0 Å². The molecule has 3 saturated carbocycles. The fraction of sp³-hybridized carbons (Fsp3) is 1.00. The second kappa shape index (κ2) is 25.6. The molecule has 0 aromatic rings. The first-order valence-electron chi connectivity index (χ1n) is 15.5. The van der Waals surface area contributed by atoms with E-state index < -0.39 is 0 Å². The largest absolute Gasteiger partial charge is 0.396 e. The molecule has 3 fully saturated rings. The lowest BCUT2D eigenvalue weighted by Crippen LogP contribution is -2.06. The van der Waals surface area contributed by atoms with Gasteiger partial charge in [-0.1, -0.05) is 173 Å². The van der Waals surface area contributed by atoms with Crippen molar-refractivity contribution in [3.8, 4) is 0 Å². The molecule has 0 bridgehead atoms. The molecule has 1 heteroatoms. The third-order valence-corrected chi connectivity index (χ3v) is 7.98. The molecule has 3 aliphatic rings. The highest BCUT2D eigenvalue weighted by Gasteiger charge is 2.08. The Kier molecular flexibility index (Phi) is 24.0. The van der Waals surface area contributed by atoms with Crippen molar-refractivity contribution in [2.45, 2.75) is 186 Å². The predicted octanol–water partition coefficient (Wildman–Crippen LogP) is 10.9. The lowest BCUT2D eigenvalue weighted by molar-refractivity contribution is 0.202. The van der Waals surface area contributed by atoms with E-state index in [2.05, 4.69) is 0 Å². The van der Waals surface area contributed by atoms with Gasteiger partial charge in [0.25, 0.3) is 0 Å². The van der Waals surface area contributed by atoms with Crippen LogP contribution in [-0.4, -0.2) is 11.7 Å². The Morgan fingerprint density at radius 1 is 0.281 bits per heavy atom. The summed E-state index contributed by atoms with van der Waals surface area (Å²) in [5, 5.41) is 9.07. The summed E-state index contributed by atoms with van der Waals surface area (Å²) in [5.41, 5.74) is 0. The van der Waals surface area contributed by atoms with Crippen LogP contribution in [0.2, 0.25) is 0 Å². The number of hydrogen-bond acceptors (Lipinski definition) is 1. The molecule has 0 spiro atoms. The molecule has 0 aromatic heterocycles. The van der Waals surface area contributed by atoms with Crippen molar-refractivity contribution >= 4 is 0 Å². The molecular weight excluding hydrogens is 388 g/mol. The lowest BCUT2D eigenvalue weighted by Gasteiger charge is -2.15. The van der Waals surface area contributed by atoms with Crippen LogP contribution < -0.4 is 0 Å². The molecule has 192 valence electrons. The zero-order valence-corrected chi connectivity index (χ0v) is 22.2. The van der Waals surface area contributed by atoms with Gasteiger partial charge in [-0.2, -0.15) is 0 Å².